The van der Waals surface area contributed by atoms with E-state index in [2.05, 4.69) is 11.8 Å². The maximum Gasteiger partial charge on any atom is 0.177 e. The molecule has 4 heteroatoms. The normalized spacial score (nSPS) is 19.9. The number of thiophene rings is 1. The standard InChI is InChI=1S/C15H23NO2S/c1-11-7-14(12(2)19-11)15(17)9-16(3)8-13-5-4-6-18-10-13/h7,13H,4-6,8-10H2,1-3H3. The molecule has 0 bridgehead atoms. The second kappa shape index (κ2) is 6.64. The molecule has 19 heavy (non-hydrogen) atoms. The number of hydrogen-bond acceptors (Lipinski definition) is 4. The van der Waals surface area contributed by atoms with Crippen molar-refractivity contribution >= 4 is 17.1 Å². The summed E-state index contributed by atoms with van der Waals surface area (Å²) < 4.78 is 5.49. The van der Waals surface area contributed by atoms with E-state index in [0.29, 0.717) is 12.5 Å². The van der Waals surface area contributed by atoms with Gasteiger partial charge in [-0.05, 0) is 45.7 Å². The number of likely N-dealkylation sites (N-methyl/N-ethyl adjacent to an activating group) is 1. The Balaban J connectivity index is 1.86. The van der Waals surface area contributed by atoms with Crippen molar-refractivity contribution in [3.05, 3.63) is 21.4 Å². The van der Waals surface area contributed by atoms with Crippen molar-refractivity contribution in [2.75, 3.05) is 33.4 Å². The maximum absolute atomic E-state index is 12.3. The number of carbonyl (C=O) groups excluding carboxylic acids is 1. The van der Waals surface area contributed by atoms with Crippen molar-refractivity contribution in [2.24, 2.45) is 5.92 Å². The van der Waals surface area contributed by atoms with Crippen LogP contribution < -0.4 is 0 Å². The average Bonchev–Trinajstić information content (AvgIpc) is 2.69. The molecule has 1 saturated heterocycles. The predicted molar refractivity (Wildman–Crippen MR) is 79.2 cm³/mol. The molecule has 2 rings (SSSR count). The molecule has 1 atom stereocenters. The van der Waals surface area contributed by atoms with Crippen molar-refractivity contribution < 1.29 is 9.53 Å². The number of Topliss-reactive ketones (excluding diaryl/α,β-unsaturated/α-hetero) is 1. The van der Waals surface area contributed by atoms with E-state index in [0.717, 1.165) is 36.6 Å². The van der Waals surface area contributed by atoms with Gasteiger partial charge in [0.15, 0.2) is 5.78 Å². The summed E-state index contributed by atoms with van der Waals surface area (Å²) >= 11 is 1.70. The first-order chi connectivity index (χ1) is 9.06. The van der Waals surface area contributed by atoms with Gasteiger partial charge in [-0.1, -0.05) is 0 Å². The van der Waals surface area contributed by atoms with Crippen LogP contribution in [0.4, 0.5) is 0 Å². The Labute approximate surface area is 119 Å². The molecule has 1 fully saturated rings. The number of ether oxygens (including phenoxy) is 1. The number of rotatable bonds is 5. The summed E-state index contributed by atoms with van der Waals surface area (Å²) in [6.07, 6.45) is 2.37. The van der Waals surface area contributed by atoms with Gasteiger partial charge >= 0.3 is 0 Å². The second-order valence-corrected chi connectivity index (χ2v) is 6.99. The molecule has 1 aromatic heterocycles. The van der Waals surface area contributed by atoms with Crippen molar-refractivity contribution in [2.45, 2.75) is 26.7 Å². The van der Waals surface area contributed by atoms with E-state index >= 15 is 0 Å². The summed E-state index contributed by atoms with van der Waals surface area (Å²) in [7, 11) is 2.03. The minimum atomic E-state index is 0.237. The molecule has 1 aliphatic rings. The van der Waals surface area contributed by atoms with E-state index in [9.17, 15) is 4.79 Å². The molecular weight excluding hydrogens is 258 g/mol. The highest BCUT2D eigenvalue weighted by Gasteiger charge is 2.19. The highest BCUT2D eigenvalue weighted by molar-refractivity contribution is 7.12. The molecule has 106 valence electrons. The zero-order valence-corrected chi connectivity index (χ0v) is 12.9. The SMILES string of the molecule is Cc1cc(C(=O)CN(C)CC2CCCOC2)c(C)s1. The molecule has 1 aliphatic heterocycles. The number of nitrogens with zero attached hydrogens (tertiary/aromatic N) is 1. The molecule has 0 radical (unpaired) electrons. The van der Waals surface area contributed by atoms with Crippen LogP contribution in [-0.2, 0) is 4.74 Å². The van der Waals surface area contributed by atoms with E-state index < -0.39 is 0 Å². The Hall–Kier alpha value is -0.710. The first-order valence-corrected chi connectivity index (χ1v) is 7.74. The molecule has 0 spiro atoms. The fraction of sp³-hybridized carbons (Fsp3) is 0.667. The number of ketones is 1. The zero-order chi connectivity index (χ0) is 13.8. The number of aryl methyl sites for hydroxylation is 2. The van der Waals surface area contributed by atoms with Gasteiger partial charge in [0.1, 0.15) is 0 Å². The molecule has 0 saturated carbocycles. The van der Waals surface area contributed by atoms with Gasteiger partial charge in [0.2, 0.25) is 0 Å². The third-order valence-corrected chi connectivity index (χ3v) is 4.55. The van der Waals surface area contributed by atoms with E-state index in [1.165, 1.54) is 11.3 Å². The fourth-order valence-corrected chi connectivity index (χ4v) is 3.64. The zero-order valence-electron chi connectivity index (χ0n) is 12.1. The lowest BCUT2D eigenvalue weighted by atomic mass is 10.0. The van der Waals surface area contributed by atoms with Crippen LogP contribution in [0.5, 0.6) is 0 Å². The summed E-state index contributed by atoms with van der Waals surface area (Å²) in [4.78, 5) is 16.7. The van der Waals surface area contributed by atoms with Crippen LogP contribution in [0.1, 0.15) is 33.0 Å². The summed E-state index contributed by atoms with van der Waals surface area (Å²) in [5.41, 5.74) is 0.897. The highest BCUT2D eigenvalue weighted by atomic mass is 32.1. The minimum absolute atomic E-state index is 0.237. The van der Waals surface area contributed by atoms with Crippen molar-refractivity contribution in [3.63, 3.8) is 0 Å². The topological polar surface area (TPSA) is 29.5 Å². The largest absolute Gasteiger partial charge is 0.381 e. The van der Waals surface area contributed by atoms with Crippen molar-refractivity contribution in [1.29, 1.82) is 0 Å². The van der Waals surface area contributed by atoms with Crippen LogP contribution in [-0.4, -0.2) is 44.0 Å². The van der Waals surface area contributed by atoms with Gasteiger partial charge in [-0.15, -0.1) is 11.3 Å². The predicted octanol–water partition coefficient (Wildman–Crippen LogP) is 2.91. The Bertz CT molecular complexity index is 435. The van der Waals surface area contributed by atoms with Crippen LogP contribution in [0.2, 0.25) is 0 Å². The molecular formula is C15H23NO2S. The first kappa shape index (κ1) is 14.7. The summed E-state index contributed by atoms with van der Waals surface area (Å²) in [5.74, 6) is 0.818. The maximum atomic E-state index is 12.3. The third kappa shape index (κ3) is 4.13. The molecule has 0 N–H and O–H groups in total. The average molecular weight is 281 g/mol. The highest BCUT2D eigenvalue weighted by Crippen LogP contribution is 2.21. The lowest BCUT2D eigenvalue weighted by molar-refractivity contribution is 0.0416. The van der Waals surface area contributed by atoms with Crippen LogP contribution in [0.15, 0.2) is 6.07 Å². The van der Waals surface area contributed by atoms with Gasteiger partial charge in [0, 0.05) is 28.5 Å². The Morgan fingerprint density at radius 1 is 1.53 bits per heavy atom. The third-order valence-electron chi connectivity index (χ3n) is 3.58. The van der Waals surface area contributed by atoms with Crippen LogP contribution in [0, 0.1) is 19.8 Å². The van der Waals surface area contributed by atoms with E-state index in [4.69, 9.17) is 4.74 Å². The van der Waals surface area contributed by atoms with Gasteiger partial charge in [-0.3, -0.25) is 9.69 Å². The van der Waals surface area contributed by atoms with E-state index in [1.807, 2.05) is 20.0 Å². The van der Waals surface area contributed by atoms with E-state index in [-0.39, 0.29) is 5.78 Å². The molecule has 0 aromatic carbocycles. The monoisotopic (exact) mass is 281 g/mol. The van der Waals surface area contributed by atoms with Gasteiger partial charge in [0.05, 0.1) is 13.2 Å². The molecule has 1 unspecified atom stereocenters. The van der Waals surface area contributed by atoms with Crippen LogP contribution >= 0.6 is 11.3 Å². The second-order valence-electron chi connectivity index (χ2n) is 5.53. The Kier molecular flexibility index (Phi) is 5.13. The molecule has 0 amide bonds. The van der Waals surface area contributed by atoms with Crippen molar-refractivity contribution in [3.8, 4) is 0 Å². The lowest BCUT2D eigenvalue weighted by Gasteiger charge is -2.26. The van der Waals surface area contributed by atoms with Crippen molar-refractivity contribution in [1.82, 2.24) is 4.90 Å². The number of hydrogen-bond donors (Lipinski definition) is 0. The van der Waals surface area contributed by atoms with Crippen LogP contribution in [0.3, 0.4) is 0 Å². The fourth-order valence-electron chi connectivity index (χ4n) is 2.69. The summed E-state index contributed by atoms with van der Waals surface area (Å²) in [6.45, 7) is 7.28. The quantitative estimate of drug-likeness (QED) is 0.777. The lowest BCUT2D eigenvalue weighted by Crippen LogP contribution is -2.34. The molecule has 1 aromatic rings. The van der Waals surface area contributed by atoms with Gasteiger partial charge in [0.25, 0.3) is 0 Å². The summed E-state index contributed by atoms with van der Waals surface area (Å²) in [6, 6.07) is 2.01. The van der Waals surface area contributed by atoms with Gasteiger partial charge in [-0.25, -0.2) is 0 Å². The Morgan fingerprint density at radius 3 is 2.89 bits per heavy atom. The molecule has 2 heterocycles. The number of carbonyl (C=O) groups is 1. The Morgan fingerprint density at radius 2 is 2.32 bits per heavy atom. The van der Waals surface area contributed by atoms with Gasteiger partial charge in [-0.2, -0.15) is 0 Å². The summed E-state index contributed by atoms with van der Waals surface area (Å²) in [5, 5.41) is 0. The van der Waals surface area contributed by atoms with Gasteiger partial charge < -0.3 is 4.74 Å². The molecule has 3 nitrogen and oxygen atoms in total. The van der Waals surface area contributed by atoms with E-state index in [1.54, 1.807) is 11.3 Å². The first-order valence-electron chi connectivity index (χ1n) is 6.93. The molecule has 0 aliphatic carbocycles. The van der Waals surface area contributed by atoms with Crippen LogP contribution in [0.25, 0.3) is 0 Å². The minimum Gasteiger partial charge on any atom is -0.381 e. The smallest absolute Gasteiger partial charge is 0.177 e.